The van der Waals surface area contributed by atoms with Gasteiger partial charge in [-0.3, -0.25) is 9.00 Å². The molecule has 0 aromatic heterocycles. The Balaban J connectivity index is 2.55. The molecule has 1 aromatic carbocycles. The lowest BCUT2D eigenvalue weighted by Gasteiger charge is -2.06. The largest absolute Gasteiger partial charge is 0.287 e. The van der Waals surface area contributed by atoms with Crippen LogP contribution in [0.15, 0.2) is 81.6 Å². The van der Waals surface area contributed by atoms with Gasteiger partial charge in [-0.1, -0.05) is 30.5 Å². The highest BCUT2D eigenvalue weighted by atomic mass is 32.2. The summed E-state index contributed by atoms with van der Waals surface area (Å²) in [5.41, 5.74) is 5.43. The van der Waals surface area contributed by atoms with Gasteiger partial charge < -0.3 is 0 Å². The zero-order valence-electron chi connectivity index (χ0n) is 16.0. The van der Waals surface area contributed by atoms with Crippen molar-refractivity contribution in [3.05, 3.63) is 82.3 Å². The summed E-state index contributed by atoms with van der Waals surface area (Å²) in [6, 6.07) is 7.50. The summed E-state index contributed by atoms with van der Waals surface area (Å²) < 4.78 is 25.4. The van der Waals surface area contributed by atoms with Crippen LogP contribution >= 0.6 is 11.8 Å². The van der Waals surface area contributed by atoms with E-state index in [2.05, 4.69) is 6.58 Å². The lowest BCUT2D eigenvalue weighted by Crippen LogP contribution is -1.96. The second-order valence-electron chi connectivity index (χ2n) is 6.21. The van der Waals surface area contributed by atoms with Gasteiger partial charge in [0.15, 0.2) is 5.12 Å². The van der Waals surface area contributed by atoms with Gasteiger partial charge in [-0.25, -0.2) is 4.39 Å². The fourth-order valence-corrected chi connectivity index (χ4v) is 3.80. The second-order valence-corrected chi connectivity index (χ2v) is 8.45. The predicted octanol–water partition coefficient (Wildman–Crippen LogP) is 5.77. The molecular formula is C22H23FO2S2. The maximum atomic E-state index is 13.9. The average molecular weight is 403 g/mol. The highest BCUT2D eigenvalue weighted by Crippen LogP contribution is 2.41. The van der Waals surface area contributed by atoms with Crippen molar-refractivity contribution in [2.75, 3.05) is 12.5 Å². The fourth-order valence-electron chi connectivity index (χ4n) is 2.99. The molecule has 5 heteroatoms. The van der Waals surface area contributed by atoms with Crippen molar-refractivity contribution < 1.29 is 13.4 Å². The minimum atomic E-state index is -1.02. The van der Waals surface area contributed by atoms with Gasteiger partial charge in [0.2, 0.25) is 0 Å². The van der Waals surface area contributed by atoms with E-state index in [1.807, 2.05) is 44.2 Å². The van der Waals surface area contributed by atoms with Crippen molar-refractivity contribution in [2.24, 2.45) is 0 Å². The summed E-state index contributed by atoms with van der Waals surface area (Å²) in [5.74, 6) is -0.428. The van der Waals surface area contributed by atoms with Gasteiger partial charge in [-0.15, -0.1) is 0 Å². The zero-order valence-corrected chi connectivity index (χ0v) is 17.6. The normalized spacial score (nSPS) is 17.7. The van der Waals surface area contributed by atoms with Crippen LogP contribution in [0.5, 0.6) is 0 Å². The lowest BCUT2D eigenvalue weighted by atomic mass is 10.0. The third-order valence-corrected chi connectivity index (χ3v) is 6.07. The first-order chi connectivity index (χ1) is 12.8. The van der Waals surface area contributed by atoms with Crippen LogP contribution in [0.3, 0.4) is 0 Å². The highest BCUT2D eigenvalue weighted by Gasteiger charge is 2.24. The minimum Gasteiger partial charge on any atom is -0.287 e. The molecule has 2 nitrogen and oxygen atoms in total. The standard InChI is InChI=1S/C22H23FO2S2/c1-6-17(23)12-20-14(2)19(15(3)21(20)13-22(24)26-4)11-16-7-9-18(10-8-16)27(5)25/h6-12H,1,13H2,2-5H3/b17-12+,19-11+. The third kappa shape index (κ3) is 5.05. The monoisotopic (exact) mass is 402 g/mol. The molecule has 0 radical (unpaired) electrons. The maximum absolute atomic E-state index is 13.9. The van der Waals surface area contributed by atoms with E-state index in [0.29, 0.717) is 0 Å². The quantitative estimate of drug-likeness (QED) is 0.566. The van der Waals surface area contributed by atoms with Crippen molar-refractivity contribution in [1.82, 2.24) is 0 Å². The molecule has 1 aliphatic rings. The van der Waals surface area contributed by atoms with Crippen molar-refractivity contribution >= 4 is 33.8 Å². The Bertz CT molecular complexity index is 916. The Morgan fingerprint density at radius 1 is 1.22 bits per heavy atom. The maximum Gasteiger partial charge on any atom is 0.193 e. The number of benzene rings is 1. The van der Waals surface area contributed by atoms with E-state index < -0.39 is 16.6 Å². The minimum absolute atomic E-state index is 0.0399. The van der Waals surface area contributed by atoms with Crippen LogP contribution in [0.1, 0.15) is 25.8 Å². The number of hydrogen-bond donors (Lipinski definition) is 0. The third-order valence-electron chi connectivity index (χ3n) is 4.54. The van der Waals surface area contributed by atoms with Gasteiger partial charge in [0, 0.05) is 28.4 Å². The van der Waals surface area contributed by atoms with Crippen LogP contribution in [-0.4, -0.2) is 21.8 Å². The summed E-state index contributed by atoms with van der Waals surface area (Å²) in [7, 11) is -1.02. The molecule has 0 N–H and O–H groups in total. The van der Waals surface area contributed by atoms with E-state index in [4.69, 9.17) is 0 Å². The Hall–Kier alpha value is -1.98. The van der Waals surface area contributed by atoms with Gasteiger partial charge in [-0.2, -0.15) is 0 Å². The molecule has 0 fully saturated rings. The number of rotatable bonds is 6. The summed E-state index contributed by atoms with van der Waals surface area (Å²) in [5, 5.41) is 0.0399. The molecule has 0 spiro atoms. The first kappa shape index (κ1) is 21.3. The van der Waals surface area contributed by atoms with E-state index in [-0.39, 0.29) is 11.5 Å². The first-order valence-corrected chi connectivity index (χ1v) is 11.2. The molecular weight excluding hydrogens is 379 g/mol. The molecule has 1 aliphatic carbocycles. The Kier molecular flexibility index (Phi) is 7.33. The van der Waals surface area contributed by atoms with Crippen LogP contribution < -0.4 is 0 Å². The molecule has 1 aromatic rings. The summed E-state index contributed by atoms with van der Waals surface area (Å²) in [6.45, 7) is 7.36. The fraction of sp³-hybridized carbons (Fsp3) is 0.227. The topological polar surface area (TPSA) is 34.1 Å². The Morgan fingerprint density at radius 3 is 2.37 bits per heavy atom. The molecule has 0 aliphatic heterocycles. The molecule has 142 valence electrons. The molecule has 27 heavy (non-hydrogen) atoms. The van der Waals surface area contributed by atoms with Gasteiger partial charge in [0.05, 0.1) is 0 Å². The number of halogens is 1. The van der Waals surface area contributed by atoms with E-state index in [1.54, 1.807) is 12.5 Å². The van der Waals surface area contributed by atoms with Crippen molar-refractivity contribution in [3.63, 3.8) is 0 Å². The number of hydrogen-bond acceptors (Lipinski definition) is 3. The molecule has 0 bridgehead atoms. The van der Waals surface area contributed by atoms with Gasteiger partial charge in [-0.05, 0) is 83.9 Å². The number of thioether (sulfide) groups is 1. The first-order valence-electron chi connectivity index (χ1n) is 8.41. The molecule has 2 rings (SSSR count). The van der Waals surface area contributed by atoms with E-state index >= 15 is 0 Å². The number of allylic oxidation sites excluding steroid dienone is 8. The predicted molar refractivity (Wildman–Crippen MR) is 115 cm³/mol. The summed E-state index contributed by atoms with van der Waals surface area (Å²) >= 11 is 1.17. The summed E-state index contributed by atoms with van der Waals surface area (Å²) in [4.78, 5) is 12.8. The molecule has 0 heterocycles. The molecule has 1 unspecified atom stereocenters. The van der Waals surface area contributed by atoms with E-state index in [9.17, 15) is 13.4 Å². The van der Waals surface area contributed by atoms with Gasteiger partial charge in [0.1, 0.15) is 5.83 Å². The van der Waals surface area contributed by atoms with Crippen LogP contribution in [0.2, 0.25) is 0 Å². The van der Waals surface area contributed by atoms with Crippen LogP contribution in [0.4, 0.5) is 4.39 Å². The van der Waals surface area contributed by atoms with Crippen molar-refractivity contribution in [2.45, 2.75) is 25.2 Å². The summed E-state index contributed by atoms with van der Waals surface area (Å²) in [6.07, 6.45) is 8.27. The molecule has 0 saturated carbocycles. The smallest absolute Gasteiger partial charge is 0.193 e. The SMILES string of the molecule is C=C/C(F)=C\C1=C(C)C(=C\c2ccc(S(C)=O)cc2)/C(C)=C1CC(=O)SC. The van der Waals surface area contributed by atoms with E-state index in [1.165, 1.54) is 17.8 Å². The number of carbonyl (C=O) groups is 1. The molecule has 0 amide bonds. The molecule has 0 saturated heterocycles. The number of carbonyl (C=O) groups excluding carboxylic acids is 1. The highest BCUT2D eigenvalue weighted by molar-refractivity contribution is 8.13. The molecule has 1 atom stereocenters. The lowest BCUT2D eigenvalue weighted by molar-refractivity contribution is -0.110. The van der Waals surface area contributed by atoms with Crippen LogP contribution in [0, 0.1) is 0 Å². The Morgan fingerprint density at radius 2 is 1.85 bits per heavy atom. The van der Waals surface area contributed by atoms with Gasteiger partial charge >= 0.3 is 0 Å². The van der Waals surface area contributed by atoms with E-state index in [0.717, 1.165) is 44.4 Å². The van der Waals surface area contributed by atoms with Crippen LogP contribution in [0.25, 0.3) is 6.08 Å². The van der Waals surface area contributed by atoms with Crippen molar-refractivity contribution in [1.29, 1.82) is 0 Å². The zero-order chi connectivity index (χ0) is 20.1. The van der Waals surface area contributed by atoms with Crippen molar-refractivity contribution in [3.8, 4) is 0 Å². The average Bonchev–Trinajstić information content (AvgIpc) is 2.86. The van der Waals surface area contributed by atoms with Gasteiger partial charge in [0.25, 0.3) is 0 Å². The Labute approximate surface area is 167 Å². The second kappa shape index (κ2) is 9.29. The van der Waals surface area contributed by atoms with Crippen LogP contribution in [-0.2, 0) is 15.6 Å².